The van der Waals surface area contributed by atoms with E-state index in [4.69, 9.17) is 0 Å². The molecule has 0 aliphatic rings. The predicted molar refractivity (Wildman–Crippen MR) is 98.1 cm³/mol. The Kier molecular flexibility index (Phi) is 4.78. The summed E-state index contributed by atoms with van der Waals surface area (Å²) in [5.74, 6) is -0.525. The van der Waals surface area contributed by atoms with Crippen molar-refractivity contribution in [1.29, 1.82) is 0 Å². The molecule has 0 radical (unpaired) electrons. The van der Waals surface area contributed by atoms with Crippen LogP contribution in [-0.4, -0.2) is 10.9 Å². The van der Waals surface area contributed by atoms with Crippen molar-refractivity contribution < 1.29 is 18.0 Å². The SMILES string of the molecule is CC(C)c1cc(=O)[nH]c2cc(NC(=O)c3cccc(C(F)(F)F)c3)ccc12. The Labute approximate surface area is 153 Å². The minimum absolute atomic E-state index is 0.102. The van der Waals surface area contributed by atoms with Crippen molar-refractivity contribution >= 4 is 22.5 Å². The summed E-state index contributed by atoms with van der Waals surface area (Å²) in [4.78, 5) is 26.9. The maximum Gasteiger partial charge on any atom is 0.416 e. The first-order valence-electron chi connectivity index (χ1n) is 8.31. The Hall–Kier alpha value is -3.09. The number of alkyl halides is 3. The van der Waals surface area contributed by atoms with E-state index in [2.05, 4.69) is 10.3 Å². The number of fused-ring (bicyclic) bond motifs is 1. The van der Waals surface area contributed by atoms with Gasteiger partial charge in [-0.05, 0) is 41.8 Å². The second-order valence-electron chi connectivity index (χ2n) is 6.54. The van der Waals surface area contributed by atoms with Crippen molar-refractivity contribution in [2.24, 2.45) is 0 Å². The van der Waals surface area contributed by atoms with Crippen LogP contribution in [0.15, 0.2) is 53.3 Å². The molecular formula is C20H17F3N2O2. The number of aromatic amines is 1. The third-order valence-electron chi connectivity index (χ3n) is 4.21. The number of anilines is 1. The molecule has 2 N–H and O–H groups in total. The van der Waals surface area contributed by atoms with Gasteiger partial charge in [-0.1, -0.05) is 26.0 Å². The average Bonchev–Trinajstić information content (AvgIpc) is 2.60. The van der Waals surface area contributed by atoms with Gasteiger partial charge in [-0.3, -0.25) is 9.59 Å². The molecule has 7 heteroatoms. The highest BCUT2D eigenvalue weighted by atomic mass is 19.4. The summed E-state index contributed by atoms with van der Waals surface area (Å²) in [5, 5.41) is 3.42. The number of H-pyrrole nitrogens is 1. The molecule has 0 aliphatic heterocycles. The number of rotatable bonds is 3. The number of amides is 1. The van der Waals surface area contributed by atoms with Gasteiger partial charge in [0.15, 0.2) is 0 Å². The molecule has 140 valence electrons. The van der Waals surface area contributed by atoms with Crippen LogP contribution < -0.4 is 10.9 Å². The van der Waals surface area contributed by atoms with E-state index in [0.29, 0.717) is 11.2 Å². The molecular weight excluding hydrogens is 357 g/mol. The van der Waals surface area contributed by atoms with Crippen LogP contribution in [0.25, 0.3) is 10.9 Å². The fraction of sp³-hybridized carbons (Fsp3) is 0.200. The zero-order valence-electron chi connectivity index (χ0n) is 14.6. The van der Waals surface area contributed by atoms with E-state index >= 15 is 0 Å². The molecule has 1 amide bonds. The smallest absolute Gasteiger partial charge is 0.322 e. The number of benzene rings is 2. The fourth-order valence-corrected chi connectivity index (χ4v) is 2.88. The summed E-state index contributed by atoms with van der Waals surface area (Å²) in [5.41, 5.74) is 0.556. The molecule has 0 saturated carbocycles. The van der Waals surface area contributed by atoms with E-state index < -0.39 is 17.6 Å². The molecule has 1 heterocycles. The molecule has 0 aliphatic carbocycles. The molecule has 2 aromatic carbocycles. The van der Waals surface area contributed by atoms with E-state index in [1.54, 1.807) is 18.2 Å². The zero-order valence-corrected chi connectivity index (χ0v) is 14.6. The lowest BCUT2D eigenvalue weighted by Crippen LogP contribution is -2.14. The maximum absolute atomic E-state index is 12.8. The Morgan fingerprint density at radius 2 is 1.81 bits per heavy atom. The van der Waals surface area contributed by atoms with E-state index in [-0.39, 0.29) is 17.0 Å². The summed E-state index contributed by atoms with van der Waals surface area (Å²) in [6.07, 6.45) is -4.52. The standard InChI is InChI=1S/C20H17F3N2O2/c1-11(2)16-10-18(26)25-17-9-14(6-7-15(16)17)24-19(27)12-4-3-5-13(8-12)20(21,22)23/h3-11H,1-2H3,(H,24,27)(H,25,26). The van der Waals surface area contributed by atoms with Crippen molar-refractivity contribution in [2.75, 3.05) is 5.32 Å². The zero-order chi connectivity index (χ0) is 19.8. The van der Waals surface area contributed by atoms with Crippen molar-refractivity contribution in [3.8, 4) is 0 Å². The normalized spacial score (nSPS) is 11.8. The van der Waals surface area contributed by atoms with Crippen molar-refractivity contribution in [1.82, 2.24) is 4.98 Å². The molecule has 0 spiro atoms. The first-order chi connectivity index (χ1) is 12.6. The van der Waals surface area contributed by atoms with Gasteiger partial charge in [-0.15, -0.1) is 0 Å². The number of halogens is 3. The number of aromatic nitrogens is 1. The van der Waals surface area contributed by atoms with E-state index in [1.165, 1.54) is 18.2 Å². The Morgan fingerprint density at radius 3 is 2.48 bits per heavy atom. The molecule has 3 rings (SSSR count). The Bertz CT molecular complexity index is 1070. The van der Waals surface area contributed by atoms with Gasteiger partial charge in [-0.2, -0.15) is 13.2 Å². The third-order valence-corrected chi connectivity index (χ3v) is 4.21. The molecule has 0 atom stereocenters. The highest BCUT2D eigenvalue weighted by Crippen LogP contribution is 2.30. The molecule has 27 heavy (non-hydrogen) atoms. The van der Waals surface area contributed by atoms with Gasteiger partial charge in [0.05, 0.1) is 11.1 Å². The van der Waals surface area contributed by atoms with Crippen LogP contribution in [0.1, 0.15) is 41.3 Å². The predicted octanol–water partition coefficient (Wildman–Crippen LogP) is 4.92. The number of hydrogen-bond donors (Lipinski definition) is 2. The summed E-state index contributed by atoms with van der Waals surface area (Å²) in [6.45, 7) is 3.94. The topological polar surface area (TPSA) is 62.0 Å². The number of pyridine rings is 1. The number of nitrogens with one attached hydrogen (secondary N) is 2. The van der Waals surface area contributed by atoms with Crippen LogP contribution in [0.3, 0.4) is 0 Å². The van der Waals surface area contributed by atoms with Crippen LogP contribution in [-0.2, 0) is 6.18 Å². The summed E-state index contributed by atoms with van der Waals surface area (Å²) in [6, 6.07) is 10.7. The monoisotopic (exact) mass is 374 g/mol. The fourth-order valence-electron chi connectivity index (χ4n) is 2.88. The first-order valence-corrected chi connectivity index (χ1v) is 8.31. The number of carbonyl (C=O) groups is 1. The van der Waals surface area contributed by atoms with Gasteiger partial charge < -0.3 is 10.3 Å². The second kappa shape index (κ2) is 6.90. The summed E-state index contributed by atoms with van der Waals surface area (Å²) in [7, 11) is 0. The minimum atomic E-state index is -4.52. The van der Waals surface area contributed by atoms with Crippen molar-refractivity contribution in [2.45, 2.75) is 25.9 Å². The lowest BCUT2D eigenvalue weighted by atomic mass is 9.99. The first kappa shape index (κ1) is 18.7. The molecule has 3 aromatic rings. The van der Waals surface area contributed by atoms with Gasteiger partial charge in [0.25, 0.3) is 5.91 Å². The highest BCUT2D eigenvalue weighted by Gasteiger charge is 2.30. The van der Waals surface area contributed by atoms with Crippen molar-refractivity contribution in [3.05, 3.63) is 75.6 Å². The Morgan fingerprint density at radius 1 is 1.07 bits per heavy atom. The Balaban J connectivity index is 1.93. The maximum atomic E-state index is 12.8. The molecule has 0 saturated heterocycles. The minimum Gasteiger partial charge on any atom is -0.322 e. The lowest BCUT2D eigenvalue weighted by molar-refractivity contribution is -0.137. The van der Waals surface area contributed by atoms with Gasteiger partial charge in [0, 0.05) is 22.7 Å². The lowest BCUT2D eigenvalue weighted by Gasteiger charge is -2.12. The van der Waals surface area contributed by atoms with E-state index in [9.17, 15) is 22.8 Å². The molecule has 4 nitrogen and oxygen atoms in total. The molecule has 0 unspecified atom stereocenters. The van der Waals surface area contributed by atoms with E-state index in [1.807, 2.05) is 13.8 Å². The molecule has 1 aromatic heterocycles. The molecule has 0 bridgehead atoms. The van der Waals surface area contributed by atoms with Gasteiger partial charge >= 0.3 is 6.18 Å². The van der Waals surface area contributed by atoms with Gasteiger partial charge in [0.1, 0.15) is 0 Å². The van der Waals surface area contributed by atoms with Gasteiger partial charge in [-0.25, -0.2) is 0 Å². The number of hydrogen-bond acceptors (Lipinski definition) is 2. The van der Waals surface area contributed by atoms with Crippen LogP contribution in [0.4, 0.5) is 18.9 Å². The average molecular weight is 374 g/mol. The summed E-state index contributed by atoms with van der Waals surface area (Å²) >= 11 is 0. The van der Waals surface area contributed by atoms with Crippen LogP contribution in [0.2, 0.25) is 0 Å². The summed E-state index contributed by atoms with van der Waals surface area (Å²) < 4.78 is 38.4. The van der Waals surface area contributed by atoms with Gasteiger partial charge in [0.2, 0.25) is 5.56 Å². The quantitative estimate of drug-likeness (QED) is 0.683. The van der Waals surface area contributed by atoms with Crippen LogP contribution in [0.5, 0.6) is 0 Å². The molecule has 0 fully saturated rings. The van der Waals surface area contributed by atoms with Crippen LogP contribution in [0, 0.1) is 0 Å². The third kappa shape index (κ3) is 4.02. The largest absolute Gasteiger partial charge is 0.416 e. The van der Waals surface area contributed by atoms with Crippen molar-refractivity contribution in [3.63, 3.8) is 0 Å². The second-order valence-corrected chi connectivity index (χ2v) is 6.54. The van der Waals surface area contributed by atoms with E-state index in [0.717, 1.165) is 23.1 Å². The van der Waals surface area contributed by atoms with Crippen LogP contribution >= 0.6 is 0 Å². The number of carbonyl (C=O) groups excluding carboxylic acids is 1. The highest BCUT2D eigenvalue weighted by molar-refractivity contribution is 6.05.